The minimum absolute atomic E-state index is 0.106. The number of ether oxygens (including phenoxy) is 1. The molecule has 1 aliphatic heterocycles. The van der Waals surface area contributed by atoms with Gasteiger partial charge in [-0.25, -0.2) is 22.0 Å². The van der Waals surface area contributed by atoms with Crippen LogP contribution in [0.15, 0.2) is 12.1 Å². The van der Waals surface area contributed by atoms with E-state index < -0.39 is 34.6 Å². The van der Waals surface area contributed by atoms with Crippen molar-refractivity contribution in [2.45, 2.75) is 52.4 Å². The van der Waals surface area contributed by atoms with Crippen molar-refractivity contribution in [3.05, 3.63) is 57.9 Å². The fraction of sp³-hybridized carbons (Fsp3) is 0.409. The fourth-order valence-corrected chi connectivity index (χ4v) is 3.17. The van der Waals surface area contributed by atoms with Crippen LogP contribution in [-0.2, 0) is 10.8 Å². The summed E-state index contributed by atoms with van der Waals surface area (Å²) in [6.45, 7) is 12.0. The van der Waals surface area contributed by atoms with Crippen LogP contribution in [0.2, 0.25) is 0 Å². The van der Waals surface area contributed by atoms with Gasteiger partial charge in [-0.05, 0) is 16.4 Å². The van der Waals surface area contributed by atoms with Crippen LogP contribution in [0.4, 0.5) is 27.6 Å². The molecule has 1 heterocycles. The zero-order valence-electron chi connectivity index (χ0n) is 17.2. The monoisotopic (exact) mass is 412 g/mol. The van der Waals surface area contributed by atoms with Crippen LogP contribution in [-0.4, -0.2) is 17.5 Å². The normalized spacial score (nSPS) is 15.6. The van der Waals surface area contributed by atoms with E-state index in [0.717, 1.165) is 17.3 Å². The van der Waals surface area contributed by atoms with Crippen LogP contribution in [0.1, 0.15) is 58.2 Å². The smallest absolute Gasteiger partial charge is 0.293 e. The Bertz CT molecular complexity index is 1000. The van der Waals surface area contributed by atoms with Crippen molar-refractivity contribution in [3.8, 4) is 5.75 Å². The van der Waals surface area contributed by atoms with Gasteiger partial charge in [0.15, 0.2) is 29.5 Å². The van der Waals surface area contributed by atoms with E-state index in [1.54, 1.807) is 0 Å². The van der Waals surface area contributed by atoms with Crippen molar-refractivity contribution in [3.63, 3.8) is 0 Å². The van der Waals surface area contributed by atoms with Gasteiger partial charge in [-0.2, -0.15) is 4.58 Å². The zero-order chi connectivity index (χ0) is 21.9. The lowest BCUT2D eigenvalue weighted by Gasteiger charge is -2.25. The quantitative estimate of drug-likeness (QED) is 0.239. The van der Waals surface area contributed by atoms with Crippen molar-refractivity contribution >= 4 is 11.9 Å². The summed E-state index contributed by atoms with van der Waals surface area (Å²) in [6.07, 6.45) is 0.904. The molecule has 0 atom stereocenters. The van der Waals surface area contributed by atoms with Gasteiger partial charge in [-0.1, -0.05) is 47.6 Å². The minimum atomic E-state index is -2.18. The van der Waals surface area contributed by atoms with Crippen molar-refractivity contribution in [2.24, 2.45) is 0 Å². The van der Waals surface area contributed by atoms with Crippen molar-refractivity contribution < 1.29 is 31.3 Å². The van der Waals surface area contributed by atoms with E-state index >= 15 is 0 Å². The van der Waals surface area contributed by atoms with Gasteiger partial charge in [0.25, 0.3) is 12.4 Å². The Hall–Kier alpha value is -2.44. The Morgan fingerprint density at radius 3 is 1.79 bits per heavy atom. The van der Waals surface area contributed by atoms with Crippen molar-refractivity contribution in [2.75, 3.05) is 6.73 Å². The molecule has 2 nitrogen and oxygen atoms in total. The summed E-state index contributed by atoms with van der Waals surface area (Å²) in [6, 6.07) is 3.85. The molecule has 156 valence electrons. The Morgan fingerprint density at radius 2 is 1.31 bits per heavy atom. The van der Waals surface area contributed by atoms with Crippen LogP contribution in [0, 0.1) is 29.1 Å². The predicted octanol–water partition coefficient (Wildman–Crippen LogP) is 6.09. The Kier molecular flexibility index (Phi) is 5.00. The average molecular weight is 412 g/mol. The molecule has 0 aliphatic carbocycles. The Balaban J connectivity index is 2.28. The Morgan fingerprint density at radius 1 is 0.793 bits per heavy atom. The molecule has 0 spiro atoms. The molecule has 29 heavy (non-hydrogen) atoms. The van der Waals surface area contributed by atoms with Gasteiger partial charge in [-0.15, -0.1) is 0 Å². The maximum Gasteiger partial charge on any atom is 0.293 e. The maximum absolute atomic E-state index is 14.1. The summed E-state index contributed by atoms with van der Waals surface area (Å²) in [5, 5.41) is 0. The van der Waals surface area contributed by atoms with Crippen molar-refractivity contribution in [1.29, 1.82) is 0 Å². The molecule has 0 saturated heterocycles. The predicted molar refractivity (Wildman–Crippen MR) is 101 cm³/mol. The Labute approximate surface area is 166 Å². The van der Waals surface area contributed by atoms with Gasteiger partial charge < -0.3 is 4.74 Å². The summed E-state index contributed by atoms with van der Waals surface area (Å²) < 4.78 is 75.9. The number of hydrogen-bond acceptors (Lipinski definition) is 1. The van der Waals surface area contributed by atoms with Crippen LogP contribution < -0.4 is 4.74 Å². The lowest BCUT2D eigenvalue weighted by molar-refractivity contribution is -0.452. The van der Waals surface area contributed by atoms with E-state index in [9.17, 15) is 22.0 Å². The molecule has 2 aromatic rings. The largest absolute Gasteiger partial charge is 0.429 e. The molecule has 2 aromatic carbocycles. The zero-order valence-corrected chi connectivity index (χ0v) is 17.2. The van der Waals surface area contributed by atoms with Gasteiger partial charge in [-0.3, -0.25) is 0 Å². The molecule has 0 saturated carbocycles. The number of nitrogens with zero attached hydrogens (tertiary/aromatic N) is 1. The SMILES string of the molecule is CC(C)(C)c1cc2c(c(C(C)(C)C)c1)OC/[N+]2=C/c1c(F)c(F)c(F)c(F)c1F. The van der Waals surface area contributed by atoms with E-state index in [-0.39, 0.29) is 17.6 Å². The molecule has 3 rings (SSSR count). The second-order valence-electron chi connectivity index (χ2n) is 9.23. The van der Waals surface area contributed by atoms with E-state index in [2.05, 4.69) is 0 Å². The first-order valence-corrected chi connectivity index (χ1v) is 9.18. The van der Waals surface area contributed by atoms with E-state index in [1.165, 1.54) is 4.58 Å². The third-order valence-electron chi connectivity index (χ3n) is 4.93. The highest BCUT2D eigenvalue weighted by Crippen LogP contribution is 2.44. The van der Waals surface area contributed by atoms with E-state index in [4.69, 9.17) is 4.74 Å². The van der Waals surface area contributed by atoms with Crippen LogP contribution >= 0.6 is 0 Å². The second kappa shape index (κ2) is 6.82. The molecule has 1 aliphatic rings. The fourth-order valence-electron chi connectivity index (χ4n) is 3.17. The van der Waals surface area contributed by atoms with Crippen LogP contribution in [0.3, 0.4) is 0 Å². The third-order valence-corrected chi connectivity index (χ3v) is 4.93. The van der Waals surface area contributed by atoms with Gasteiger partial charge in [0.05, 0.1) is 0 Å². The topological polar surface area (TPSA) is 12.2 Å². The van der Waals surface area contributed by atoms with E-state index in [1.807, 2.05) is 53.7 Å². The first-order chi connectivity index (χ1) is 13.2. The molecular weight excluding hydrogens is 389 g/mol. The first kappa shape index (κ1) is 21.3. The standard InChI is InChI=1S/C22H23F5NO/c1-21(2,3)11-7-13(22(4,5)6)20-14(8-11)28(10-29-20)9-12-15(23)17(25)19(27)18(26)16(12)24/h7-9H,10H2,1-6H3/q+1/b28-9-. The van der Waals surface area contributed by atoms with E-state index in [0.29, 0.717) is 11.4 Å². The number of hydrogen-bond donors (Lipinski definition) is 0. The van der Waals surface area contributed by atoms with Crippen LogP contribution in [0.25, 0.3) is 0 Å². The summed E-state index contributed by atoms with van der Waals surface area (Å²) in [4.78, 5) is 0. The molecule has 7 heteroatoms. The highest BCUT2D eigenvalue weighted by atomic mass is 19.2. The maximum atomic E-state index is 14.1. The van der Waals surface area contributed by atoms with Crippen molar-refractivity contribution in [1.82, 2.24) is 0 Å². The molecule has 0 unspecified atom stereocenters. The summed E-state index contributed by atoms with van der Waals surface area (Å²) in [7, 11) is 0. The lowest BCUT2D eigenvalue weighted by atomic mass is 9.80. The molecule has 0 bridgehead atoms. The van der Waals surface area contributed by atoms with Crippen LogP contribution in [0.5, 0.6) is 5.75 Å². The van der Waals surface area contributed by atoms with Gasteiger partial charge in [0.1, 0.15) is 5.56 Å². The summed E-state index contributed by atoms with van der Waals surface area (Å²) in [5.41, 5.74) is 0.859. The lowest BCUT2D eigenvalue weighted by Crippen LogP contribution is -2.17. The molecule has 0 N–H and O–H groups in total. The molecule has 0 radical (unpaired) electrons. The van der Waals surface area contributed by atoms with Gasteiger partial charge in [0.2, 0.25) is 11.6 Å². The summed E-state index contributed by atoms with van der Waals surface area (Å²) >= 11 is 0. The first-order valence-electron chi connectivity index (χ1n) is 9.18. The second-order valence-corrected chi connectivity index (χ2v) is 9.23. The van der Waals surface area contributed by atoms with Gasteiger partial charge in [0, 0.05) is 11.6 Å². The molecular formula is C22H23F5NO+. The van der Waals surface area contributed by atoms with Gasteiger partial charge >= 0.3 is 0 Å². The highest BCUT2D eigenvalue weighted by Gasteiger charge is 2.36. The number of benzene rings is 2. The third kappa shape index (κ3) is 3.63. The molecule has 0 fully saturated rings. The minimum Gasteiger partial charge on any atom is -0.429 e. The molecule has 0 aromatic heterocycles. The molecule has 0 amide bonds. The highest BCUT2D eigenvalue weighted by molar-refractivity contribution is 5.78. The number of halogens is 5. The summed E-state index contributed by atoms with van der Waals surface area (Å²) in [5.74, 6) is -9.36. The number of fused-ring (bicyclic) bond motifs is 1. The average Bonchev–Trinajstić information content (AvgIpc) is 3.02. The number of rotatable bonds is 1.